The number of aromatic hydroxyl groups is 1. The van der Waals surface area contributed by atoms with Crippen molar-refractivity contribution >= 4 is 15.9 Å². The third kappa shape index (κ3) is 2.19. The molecular weight excluding hydrogens is 229 g/mol. The molecular formula is C6H6F5NOS. The fourth-order valence-corrected chi connectivity index (χ4v) is 1.45. The van der Waals surface area contributed by atoms with E-state index < -0.39 is 26.6 Å². The maximum Gasteiger partial charge on any atom is 0.310 e. The quantitative estimate of drug-likeness (QED) is 0.443. The van der Waals surface area contributed by atoms with Crippen molar-refractivity contribution in [2.24, 2.45) is 0 Å². The number of phenolic OH excluding ortho intramolecular Hbond substituents is 1. The Balaban J connectivity index is 3.45. The van der Waals surface area contributed by atoms with Gasteiger partial charge in [0.05, 0.1) is 5.69 Å². The molecule has 0 aliphatic carbocycles. The number of hydrogen-bond donors (Lipinski definition) is 2. The zero-order chi connectivity index (χ0) is 11.3. The Labute approximate surface area is 75.9 Å². The predicted molar refractivity (Wildman–Crippen MR) is 43.9 cm³/mol. The number of hydrogen-bond acceptors (Lipinski definition) is 2. The van der Waals surface area contributed by atoms with Crippen LogP contribution in [-0.2, 0) is 0 Å². The minimum absolute atomic E-state index is 0.0108. The van der Waals surface area contributed by atoms with Crippen molar-refractivity contribution in [3.63, 3.8) is 0 Å². The van der Waals surface area contributed by atoms with E-state index in [1.54, 1.807) is 0 Å². The molecule has 0 saturated heterocycles. The van der Waals surface area contributed by atoms with Crippen molar-refractivity contribution in [2.75, 3.05) is 5.73 Å². The topological polar surface area (TPSA) is 46.2 Å². The van der Waals surface area contributed by atoms with Crippen molar-refractivity contribution in [3.05, 3.63) is 18.2 Å². The number of rotatable bonds is 1. The normalized spacial score (nSPS) is 17.2. The predicted octanol–water partition coefficient (Wildman–Crippen LogP) is 3.63. The molecule has 0 saturated carbocycles. The number of halogens is 5. The molecule has 0 fully saturated rings. The maximum atomic E-state index is 12.1. The van der Waals surface area contributed by atoms with Crippen LogP contribution in [0.1, 0.15) is 0 Å². The fraction of sp³-hybridized carbons (Fsp3) is 0. The molecule has 0 heterocycles. The van der Waals surface area contributed by atoms with Crippen LogP contribution in [0.4, 0.5) is 25.1 Å². The molecule has 1 rings (SSSR count). The molecule has 0 aliphatic rings. The second-order valence-electron chi connectivity index (χ2n) is 2.69. The Morgan fingerprint density at radius 1 is 1.07 bits per heavy atom. The van der Waals surface area contributed by atoms with Gasteiger partial charge in [-0.2, -0.15) is 0 Å². The zero-order valence-electron chi connectivity index (χ0n) is 6.55. The van der Waals surface area contributed by atoms with Crippen LogP contribution >= 0.6 is 10.2 Å². The monoisotopic (exact) mass is 235 g/mol. The molecule has 0 atom stereocenters. The number of anilines is 1. The van der Waals surface area contributed by atoms with Crippen LogP contribution in [0.3, 0.4) is 0 Å². The first kappa shape index (κ1) is 10.9. The second kappa shape index (κ2) is 2.08. The van der Waals surface area contributed by atoms with E-state index in [1.165, 1.54) is 0 Å². The van der Waals surface area contributed by atoms with Gasteiger partial charge in [0.1, 0.15) is 10.6 Å². The van der Waals surface area contributed by atoms with E-state index in [9.17, 15) is 19.4 Å². The van der Waals surface area contributed by atoms with Gasteiger partial charge in [-0.1, -0.05) is 19.4 Å². The average molecular weight is 235 g/mol. The molecule has 1 aromatic carbocycles. The number of nitrogens with two attached hydrogens (primary N) is 1. The highest BCUT2D eigenvalue weighted by Gasteiger charge is 2.65. The lowest BCUT2D eigenvalue weighted by atomic mass is 10.3. The summed E-state index contributed by atoms with van der Waals surface area (Å²) in [5.41, 5.74) is 4.13. The molecule has 1 aromatic rings. The van der Waals surface area contributed by atoms with Gasteiger partial charge in [-0.05, 0) is 18.2 Å². The summed E-state index contributed by atoms with van der Waals surface area (Å²) in [6, 6.07) is 0.576. The smallest absolute Gasteiger partial charge is 0.310 e. The fourth-order valence-electron chi connectivity index (χ4n) is 0.773. The lowest BCUT2D eigenvalue weighted by Gasteiger charge is -2.40. The Bertz CT molecular complexity index is 386. The number of benzene rings is 1. The van der Waals surface area contributed by atoms with Crippen LogP contribution < -0.4 is 5.73 Å². The minimum atomic E-state index is -9.68. The Morgan fingerprint density at radius 2 is 1.57 bits per heavy atom. The molecule has 2 nitrogen and oxygen atoms in total. The molecule has 0 bridgehead atoms. The van der Waals surface area contributed by atoms with Crippen molar-refractivity contribution in [1.82, 2.24) is 0 Å². The van der Waals surface area contributed by atoms with Gasteiger partial charge in [0.25, 0.3) is 0 Å². The third-order valence-electron chi connectivity index (χ3n) is 1.44. The van der Waals surface area contributed by atoms with E-state index in [1.807, 2.05) is 0 Å². The van der Waals surface area contributed by atoms with Crippen molar-refractivity contribution in [3.8, 4) is 5.75 Å². The summed E-state index contributed by atoms with van der Waals surface area (Å²) >= 11 is 0. The van der Waals surface area contributed by atoms with Gasteiger partial charge in [0, 0.05) is 0 Å². The van der Waals surface area contributed by atoms with Crippen LogP contribution in [0.25, 0.3) is 0 Å². The summed E-state index contributed by atoms with van der Waals surface area (Å²) < 4.78 is 60.6. The van der Waals surface area contributed by atoms with Gasteiger partial charge in [0.15, 0.2) is 0 Å². The molecule has 8 heteroatoms. The van der Waals surface area contributed by atoms with Crippen molar-refractivity contribution in [1.29, 1.82) is 0 Å². The number of phenols is 1. The average Bonchev–Trinajstić information content (AvgIpc) is 1.89. The molecule has 3 N–H and O–H groups in total. The van der Waals surface area contributed by atoms with Gasteiger partial charge >= 0.3 is 10.2 Å². The van der Waals surface area contributed by atoms with Gasteiger partial charge in [-0.3, -0.25) is 0 Å². The third-order valence-corrected chi connectivity index (χ3v) is 2.59. The van der Waals surface area contributed by atoms with Crippen LogP contribution in [0.5, 0.6) is 5.75 Å². The first-order valence-electron chi connectivity index (χ1n) is 3.23. The molecule has 82 valence electrons. The van der Waals surface area contributed by atoms with E-state index in [-0.39, 0.29) is 12.1 Å². The minimum Gasteiger partial charge on any atom is -0.506 e. The SMILES string of the molecule is Nc1cc(S(F)(F)(F)(F)F)ccc1O. The lowest BCUT2D eigenvalue weighted by molar-refractivity contribution is 0.364. The van der Waals surface area contributed by atoms with Crippen LogP contribution in [0, 0.1) is 0 Å². The van der Waals surface area contributed by atoms with Crippen LogP contribution in [0.2, 0.25) is 0 Å². The Hall–Kier alpha value is -1.18. The molecule has 0 amide bonds. The summed E-state index contributed by atoms with van der Waals surface area (Å²) in [6.45, 7) is 0. The van der Waals surface area contributed by atoms with Gasteiger partial charge in [-0.25, -0.2) is 0 Å². The highest BCUT2D eigenvalue weighted by Crippen LogP contribution is 3.02. The van der Waals surface area contributed by atoms with Crippen LogP contribution in [0.15, 0.2) is 23.1 Å². The number of nitrogen functional groups attached to an aromatic ring is 1. The summed E-state index contributed by atoms with van der Waals surface area (Å²) in [5.74, 6) is -0.671. The lowest BCUT2D eigenvalue weighted by Crippen LogP contribution is -2.06. The molecule has 0 aromatic heterocycles. The molecule has 0 unspecified atom stereocenters. The first-order chi connectivity index (χ1) is 5.90. The van der Waals surface area contributed by atoms with E-state index >= 15 is 0 Å². The Kier molecular flexibility index (Phi) is 1.62. The first-order valence-corrected chi connectivity index (χ1v) is 5.18. The van der Waals surface area contributed by atoms with Crippen LogP contribution in [-0.4, -0.2) is 5.11 Å². The van der Waals surface area contributed by atoms with Gasteiger partial charge in [-0.15, -0.1) is 0 Å². The van der Waals surface area contributed by atoms with E-state index in [4.69, 9.17) is 10.8 Å². The van der Waals surface area contributed by atoms with E-state index in [2.05, 4.69) is 0 Å². The molecule has 0 aliphatic heterocycles. The van der Waals surface area contributed by atoms with E-state index in [0.29, 0.717) is 6.07 Å². The summed E-state index contributed by atoms with van der Waals surface area (Å²) in [4.78, 5) is -2.11. The van der Waals surface area contributed by atoms with Crippen molar-refractivity contribution < 1.29 is 24.5 Å². The molecule has 0 radical (unpaired) electrons. The Morgan fingerprint density at radius 3 is 1.93 bits per heavy atom. The van der Waals surface area contributed by atoms with E-state index in [0.717, 1.165) is 0 Å². The second-order valence-corrected chi connectivity index (χ2v) is 5.10. The highest BCUT2D eigenvalue weighted by molar-refractivity contribution is 8.45. The van der Waals surface area contributed by atoms with Gasteiger partial charge < -0.3 is 10.8 Å². The van der Waals surface area contributed by atoms with Gasteiger partial charge in [0.2, 0.25) is 0 Å². The largest absolute Gasteiger partial charge is 0.506 e. The van der Waals surface area contributed by atoms with Crippen molar-refractivity contribution in [2.45, 2.75) is 4.90 Å². The summed E-state index contributed by atoms with van der Waals surface area (Å²) in [7, 11) is -9.68. The molecule has 0 spiro atoms. The summed E-state index contributed by atoms with van der Waals surface area (Å²) in [6.07, 6.45) is 0. The summed E-state index contributed by atoms with van der Waals surface area (Å²) in [5, 5.41) is 8.75. The molecule has 14 heavy (non-hydrogen) atoms. The highest BCUT2D eigenvalue weighted by atomic mass is 32.5. The maximum absolute atomic E-state index is 12.1. The zero-order valence-corrected chi connectivity index (χ0v) is 7.37. The standard InChI is InChI=1S/C6H6F5NOS/c7-14(8,9,10,11)4-1-2-6(13)5(12)3-4/h1-3,13H,12H2.